The van der Waals surface area contributed by atoms with Crippen molar-refractivity contribution in [2.24, 2.45) is 0 Å². The van der Waals surface area contributed by atoms with Gasteiger partial charge < -0.3 is 19.3 Å². The van der Waals surface area contributed by atoms with Crippen molar-refractivity contribution in [3.8, 4) is 5.75 Å². The molecule has 2 amide bonds. The molecule has 28 heavy (non-hydrogen) atoms. The van der Waals surface area contributed by atoms with Gasteiger partial charge in [0, 0.05) is 30.7 Å². The van der Waals surface area contributed by atoms with Gasteiger partial charge in [-0.15, -0.1) is 0 Å². The van der Waals surface area contributed by atoms with Crippen LogP contribution in [-0.2, 0) is 16.1 Å². The van der Waals surface area contributed by atoms with Crippen molar-refractivity contribution >= 4 is 23.4 Å². The fourth-order valence-corrected chi connectivity index (χ4v) is 3.12. The highest BCUT2D eigenvalue weighted by Gasteiger charge is 2.23. The van der Waals surface area contributed by atoms with Crippen LogP contribution < -0.4 is 4.74 Å². The summed E-state index contributed by atoms with van der Waals surface area (Å²) in [5, 5.41) is 0.611. The third-order valence-corrected chi connectivity index (χ3v) is 4.91. The van der Waals surface area contributed by atoms with Gasteiger partial charge in [0.25, 0.3) is 5.91 Å². The van der Waals surface area contributed by atoms with Crippen LogP contribution >= 0.6 is 11.6 Å². The molecule has 0 saturated carbocycles. The summed E-state index contributed by atoms with van der Waals surface area (Å²) < 4.78 is 11.1. The Morgan fingerprint density at radius 1 is 1.11 bits per heavy atom. The predicted molar refractivity (Wildman–Crippen MR) is 107 cm³/mol. The summed E-state index contributed by atoms with van der Waals surface area (Å²) in [6, 6.07) is 14.4. The summed E-state index contributed by atoms with van der Waals surface area (Å²) in [4.78, 5) is 28.4. The number of likely N-dealkylation sites (N-methyl/N-ethyl adjacent to an activating group) is 1. The molecular formula is C21H23ClN2O4. The van der Waals surface area contributed by atoms with Crippen molar-refractivity contribution in [1.29, 1.82) is 0 Å². The quantitative estimate of drug-likeness (QED) is 0.745. The molecule has 7 heteroatoms. The van der Waals surface area contributed by atoms with Crippen molar-refractivity contribution in [1.82, 2.24) is 9.80 Å². The molecule has 1 saturated heterocycles. The number of hydrogen-bond donors (Lipinski definition) is 0. The Kier molecular flexibility index (Phi) is 6.90. The second kappa shape index (κ2) is 9.57. The van der Waals surface area contributed by atoms with Gasteiger partial charge >= 0.3 is 0 Å². The van der Waals surface area contributed by atoms with Crippen molar-refractivity contribution in [2.45, 2.75) is 6.61 Å². The van der Waals surface area contributed by atoms with Crippen LogP contribution in [0.5, 0.6) is 5.75 Å². The number of nitrogens with zero attached hydrogens (tertiary/aromatic N) is 2. The lowest BCUT2D eigenvalue weighted by molar-refractivity contribution is -0.135. The van der Waals surface area contributed by atoms with Gasteiger partial charge in [-0.3, -0.25) is 9.59 Å². The normalized spacial score (nSPS) is 13.9. The molecule has 1 fully saturated rings. The summed E-state index contributed by atoms with van der Waals surface area (Å²) in [6.07, 6.45) is 0. The van der Waals surface area contributed by atoms with Gasteiger partial charge in [0.1, 0.15) is 12.4 Å². The van der Waals surface area contributed by atoms with Crippen molar-refractivity contribution < 1.29 is 19.1 Å². The molecule has 0 bridgehead atoms. The minimum atomic E-state index is -0.267. The molecule has 0 unspecified atom stereocenters. The summed E-state index contributed by atoms with van der Waals surface area (Å²) in [6.45, 7) is 2.43. The maximum Gasteiger partial charge on any atom is 0.257 e. The SMILES string of the molecule is CN(CC(=O)N1CCOCC1)C(=O)c1ccccc1OCc1ccccc1Cl. The van der Waals surface area contributed by atoms with Crippen LogP contribution in [0.4, 0.5) is 0 Å². The first kappa shape index (κ1) is 20.2. The number of carbonyl (C=O) groups is 2. The molecule has 0 aromatic heterocycles. The number of morpholine rings is 1. The highest BCUT2D eigenvalue weighted by molar-refractivity contribution is 6.31. The minimum Gasteiger partial charge on any atom is -0.488 e. The van der Waals surface area contributed by atoms with E-state index in [2.05, 4.69) is 0 Å². The van der Waals surface area contributed by atoms with E-state index in [-0.39, 0.29) is 25.0 Å². The molecule has 0 N–H and O–H groups in total. The minimum absolute atomic E-state index is 0.0116. The molecule has 1 heterocycles. The number of benzene rings is 2. The Hall–Kier alpha value is -2.57. The molecule has 1 aliphatic rings. The van der Waals surface area contributed by atoms with Crippen LogP contribution in [0.2, 0.25) is 5.02 Å². The number of carbonyl (C=O) groups excluding carboxylic acids is 2. The van der Waals surface area contributed by atoms with E-state index in [0.717, 1.165) is 5.56 Å². The molecule has 148 valence electrons. The van der Waals surface area contributed by atoms with E-state index in [4.69, 9.17) is 21.1 Å². The van der Waals surface area contributed by atoms with Gasteiger partial charge in [-0.05, 0) is 18.2 Å². The van der Waals surface area contributed by atoms with Crippen molar-refractivity contribution in [3.05, 3.63) is 64.7 Å². The number of para-hydroxylation sites is 1. The lowest BCUT2D eigenvalue weighted by Crippen LogP contribution is -2.46. The summed E-state index contributed by atoms with van der Waals surface area (Å²) in [5.41, 5.74) is 1.24. The summed E-state index contributed by atoms with van der Waals surface area (Å²) in [5.74, 6) is 0.100. The Balaban J connectivity index is 1.66. The molecule has 0 aliphatic carbocycles. The molecule has 6 nitrogen and oxygen atoms in total. The van der Waals surface area contributed by atoms with E-state index in [1.165, 1.54) is 4.90 Å². The third kappa shape index (κ3) is 5.03. The highest BCUT2D eigenvalue weighted by atomic mass is 35.5. The standard InChI is InChI=1S/C21H23ClN2O4/c1-23(14-20(25)24-10-12-27-13-11-24)21(26)17-7-3-5-9-19(17)28-15-16-6-2-4-8-18(16)22/h2-9H,10-15H2,1H3. The molecule has 1 aliphatic heterocycles. The third-order valence-electron chi connectivity index (χ3n) is 4.54. The van der Waals surface area contributed by atoms with Crippen LogP contribution in [-0.4, -0.2) is 61.5 Å². The van der Waals surface area contributed by atoms with Crippen LogP contribution in [0.1, 0.15) is 15.9 Å². The molecule has 0 spiro atoms. The van der Waals surface area contributed by atoms with E-state index >= 15 is 0 Å². The lowest BCUT2D eigenvalue weighted by Gasteiger charge is -2.29. The van der Waals surface area contributed by atoms with Gasteiger partial charge in [-0.2, -0.15) is 0 Å². The average Bonchev–Trinajstić information content (AvgIpc) is 2.73. The average molecular weight is 403 g/mol. The van der Waals surface area contributed by atoms with Gasteiger partial charge in [-0.1, -0.05) is 41.9 Å². The van der Waals surface area contributed by atoms with Crippen LogP contribution in [0, 0.1) is 0 Å². The fraction of sp³-hybridized carbons (Fsp3) is 0.333. The van der Waals surface area contributed by atoms with E-state index < -0.39 is 0 Å². The molecule has 0 radical (unpaired) electrons. The molecule has 2 aromatic carbocycles. The van der Waals surface area contributed by atoms with Gasteiger partial charge in [-0.25, -0.2) is 0 Å². The second-order valence-corrected chi connectivity index (χ2v) is 6.94. The van der Waals surface area contributed by atoms with Crippen LogP contribution in [0.25, 0.3) is 0 Å². The molecular weight excluding hydrogens is 380 g/mol. The first-order valence-electron chi connectivity index (χ1n) is 9.12. The molecule has 2 aromatic rings. The number of ether oxygens (including phenoxy) is 2. The number of amides is 2. The Morgan fingerprint density at radius 2 is 1.79 bits per heavy atom. The maximum atomic E-state index is 12.9. The van der Waals surface area contributed by atoms with E-state index in [0.29, 0.717) is 42.6 Å². The van der Waals surface area contributed by atoms with E-state index in [9.17, 15) is 9.59 Å². The summed E-state index contributed by atoms with van der Waals surface area (Å²) >= 11 is 6.17. The Morgan fingerprint density at radius 3 is 2.54 bits per heavy atom. The lowest BCUT2D eigenvalue weighted by atomic mass is 10.1. The van der Waals surface area contributed by atoms with E-state index in [1.54, 1.807) is 42.3 Å². The molecule has 0 atom stereocenters. The zero-order valence-corrected chi connectivity index (χ0v) is 16.5. The predicted octanol–water partition coefficient (Wildman–Crippen LogP) is 2.85. The largest absolute Gasteiger partial charge is 0.488 e. The summed E-state index contributed by atoms with van der Waals surface area (Å²) in [7, 11) is 1.62. The Bertz CT molecular complexity index is 837. The van der Waals surface area contributed by atoms with Gasteiger partial charge in [0.05, 0.1) is 25.3 Å². The zero-order valence-electron chi connectivity index (χ0n) is 15.8. The first-order chi connectivity index (χ1) is 13.6. The van der Waals surface area contributed by atoms with Gasteiger partial charge in [0.15, 0.2) is 0 Å². The molecule has 3 rings (SSSR count). The number of hydrogen-bond acceptors (Lipinski definition) is 4. The highest BCUT2D eigenvalue weighted by Crippen LogP contribution is 2.23. The number of halogens is 1. The van der Waals surface area contributed by atoms with Crippen LogP contribution in [0.15, 0.2) is 48.5 Å². The monoisotopic (exact) mass is 402 g/mol. The van der Waals surface area contributed by atoms with Crippen molar-refractivity contribution in [2.75, 3.05) is 39.9 Å². The smallest absolute Gasteiger partial charge is 0.257 e. The number of rotatable bonds is 6. The van der Waals surface area contributed by atoms with E-state index in [1.807, 2.05) is 18.2 Å². The van der Waals surface area contributed by atoms with Crippen molar-refractivity contribution in [3.63, 3.8) is 0 Å². The maximum absolute atomic E-state index is 12.9. The first-order valence-corrected chi connectivity index (χ1v) is 9.50. The van der Waals surface area contributed by atoms with Crippen LogP contribution in [0.3, 0.4) is 0 Å². The zero-order chi connectivity index (χ0) is 19.9. The van der Waals surface area contributed by atoms with Gasteiger partial charge in [0.2, 0.25) is 5.91 Å². The fourth-order valence-electron chi connectivity index (χ4n) is 2.93. The Labute approximate surface area is 169 Å². The second-order valence-electron chi connectivity index (χ2n) is 6.53. The topological polar surface area (TPSA) is 59.1 Å².